The Morgan fingerprint density at radius 1 is 1.11 bits per heavy atom. The number of anilines is 1. The van der Waals surface area contributed by atoms with Crippen LogP contribution in [0.4, 0.5) is 5.13 Å². The number of aromatic nitrogens is 2. The van der Waals surface area contributed by atoms with Crippen LogP contribution in [-0.2, 0) is 14.3 Å². The number of aliphatic hydroxyl groups excluding tert-OH is 1. The SMILES string of the molecule is CCCOc1ccc(C2C(=C(O)c3ccncc3)C(=O)C(=O)N2c2nc(C)c(C(=O)OCC)s2)cc1. The van der Waals surface area contributed by atoms with E-state index in [-0.39, 0.29) is 27.9 Å². The molecule has 10 heteroatoms. The second-order valence-corrected chi connectivity index (χ2v) is 8.93. The van der Waals surface area contributed by atoms with Gasteiger partial charge in [-0.3, -0.25) is 19.5 Å². The second-order valence-electron chi connectivity index (χ2n) is 7.95. The van der Waals surface area contributed by atoms with E-state index in [2.05, 4.69) is 9.97 Å². The van der Waals surface area contributed by atoms with Crippen LogP contribution in [0.15, 0.2) is 54.4 Å². The van der Waals surface area contributed by atoms with Crippen LogP contribution in [0, 0.1) is 6.92 Å². The third kappa shape index (κ3) is 4.72. The number of aliphatic hydroxyl groups is 1. The molecule has 0 saturated carbocycles. The minimum Gasteiger partial charge on any atom is -0.507 e. The Balaban J connectivity index is 1.86. The number of ether oxygens (including phenoxy) is 2. The van der Waals surface area contributed by atoms with Crippen LogP contribution in [-0.4, -0.2) is 45.9 Å². The maximum Gasteiger partial charge on any atom is 0.350 e. The van der Waals surface area contributed by atoms with Crippen molar-refractivity contribution in [3.8, 4) is 5.75 Å². The van der Waals surface area contributed by atoms with Gasteiger partial charge < -0.3 is 14.6 Å². The first-order valence-electron chi connectivity index (χ1n) is 11.5. The van der Waals surface area contributed by atoms with Crippen LogP contribution < -0.4 is 9.64 Å². The molecule has 186 valence electrons. The zero-order valence-electron chi connectivity index (χ0n) is 20.1. The molecule has 1 amide bonds. The van der Waals surface area contributed by atoms with Crippen molar-refractivity contribution in [1.29, 1.82) is 0 Å². The van der Waals surface area contributed by atoms with Crippen LogP contribution in [0.1, 0.15) is 52.8 Å². The molecule has 1 aromatic carbocycles. The molecule has 3 aromatic rings. The summed E-state index contributed by atoms with van der Waals surface area (Å²) in [5, 5.41) is 11.3. The van der Waals surface area contributed by atoms with Crippen molar-refractivity contribution in [2.75, 3.05) is 18.1 Å². The number of Topliss-reactive ketones (excluding diaryl/α,β-unsaturated/α-hetero) is 1. The summed E-state index contributed by atoms with van der Waals surface area (Å²) < 4.78 is 10.8. The van der Waals surface area contributed by atoms with Crippen molar-refractivity contribution in [3.63, 3.8) is 0 Å². The van der Waals surface area contributed by atoms with Gasteiger partial charge in [0.05, 0.1) is 30.5 Å². The number of benzene rings is 1. The summed E-state index contributed by atoms with van der Waals surface area (Å²) in [7, 11) is 0. The maximum absolute atomic E-state index is 13.3. The highest BCUT2D eigenvalue weighted by Gasteiger charge is 2.48. The first-order valence-corrected chi connectivity index (χ1v) is 12.3. The third-order valence-electron chi connectivity index (χ3n) is 5.52. The Morgan fingerprint density at radius 2 is 1.81 bits per heavy atom. The highest BCUT2D eigenvalue weighted by molar-refractivity contribution is 7.17. The molecular formula is C26H25N3O6S. The summed E-state index contributed by atoms with van der Waals surface area (Å²) in [5.41, 5.74) is 1.21. The van der Waals surface area contributed by atoms with Gasteiger partial charge in [-0.2, -0.15) is 0 Å². The van der Waals surface area contributed by atoms with E-state index >= 15 is 0 Å². The third-order valence-corrected chi connectivity index (χ3v) is 6.66. The van der Waals surface area contributed by atoms with Crippen molar-refractivity contribution in [2.24, 2.45) is 0 Å². The molecule has 2 aromatic heterocycles. The maximum atomic E-state index is 13.3. The molecule has 3 heterocycles. The lowest BCUT2D eigenvalue weighted by Crippen LogP contribution is -2.29. The first kappa shape index (κ1) is 25.1. The number of carbonyl (C=O) groups excluding carboxylic acids is 3. The van der Waals surface area contributed by atoms with Crippen molar-refractivity contribution in [3.05, 3.63) is 76.1 Å². The number of hydrogen-bond acceptors (Lipinski definition) is 9. The molecule has 0 spiro atoms. The molecule has 9 nitrogen and oxygen atoms in total. The smallest absolute Gasteiger partial charge is 0.350 e. The molecular weight excluding hydrogens is 482 g/mol. The fraction of sp³-hybridized carbons (Fsp3) is 0.269. The number of nitrogens with zero attached hydrogens (tertiary/aromatic N) is 3. The van der Waals surface area contributed by atoms with Crippen LogP contribution in [0.5, 0.6) is 5.75 Å². The van der Waals surface area contributed by atoms with E-state index in [1.807, 2.05) is 6.92 Å². The van der Waals surface area contributed by atoms with E-state index in [0.717, 1.165) is 17.8 Å². The lowest BCUT2D eigenvalue weighted by molar-refractivity contribution is -0.132. The largest absolute Gasteiger partial charge is 0.507 e. The topological polar surface area (TPSA) is 119 Å². The molecule has 1 saturated heterocycles. The predicted molar refractivity (Wildman–Crippen MR) is 134 cm³/mol. The van der Waals surface area contributed by atoms with E-state index in [1.54, 1.807) is 50.2 Å². The quantitative estimate of drug-likeness (QED) is 0.206. The number of thiazole rings is 1. The molecule has 0 bridgehead atoms. The fourth-order valence-electron chi connectivity index (χ4n) is 3.85. The Hall–Kier alpha value is -4.05. The summed E-state index contributed by atoms with van der Waals surface area (Å²) in [6, 6.07) is 9.09. The standard InChI is InChI=1S/C26H25N3O6S/c1-4-14-35-18-8-6-16(7-9-18)20-19(21(30)17-10-12-27-13-11-17)22(31)24(32)29(20)26-28-15(3)23(36-26)25(33)34-5-2/h6-13,20,30H,4-5,14H2,1-3H3. The van der Waals surface area contributed by atoms with Gasteiger partial charge in [0.2, 0.25) is 0 Å². The molecule has 36 heavy (non-hydrogen) atoms. The number of carbonyl (C=O) groups is 3. The van der Waals surface area contributed by atoms with Gasteiger partial charge in [0, 0.05) is 18.0 Å². The normalized spacial score (nSPS) is 16.9. The number of esters is 1. The molecule has 1 fully saturated rings. The summed E-state index contributed by atoms with van der Waals surface area (Å²) >= 11 is 0.961. The molecule has 1 N–H and O–H groups in total. The number of hydrogen-bond donors (Lipinski definition) is 1. The molecule has 1 unspecified atom stereocenters. The lowest BCUT2D eigenvalue weighted by Gasteiger charge is -2.23. The van der Waals surface area contributed by atoms with Crippen molar-refractivity contribution in [2.45, 2.75) is 33.2 Å². The highest BCUT2D eigenvalue weighted by atomic mass is 32.1. The van der Waals surface area contributed by atoms with E-state index in [9.17, 15) is 19.5 Å². The number of pyridine rings is 1. The summed E-state index contributed by atoms with van der Waals surface area (Å²) in [6.07, 6.45) is 3.81. The zero-order chi connectivity index (χ0) is 25.8. The van der Waals surface area contributed by atoms with Crippen molar-refractivity contribution >= 4 is 39.9 Å². The second kappa shape index (κ2) is 10.7. The number of ketones is 1. The summed E-state index contributed by atoms with van der Waals surface area (Å²) in [4.78, 5) is 48.8. The van der Waals surface area contributed by atoms with Crippen LogP contribution in [0.2, 0.25) is 0 Å². The molecule has 1 aliphatic rings. The fourth-order valence-corrected chi connectivity index (χ4v) is 4.84. The van der Waals surface area contributed by atoms with E-state index < -0.39 is 23.7 Å². The zero-order valence-corrected chi connectivity index (χ0v) is 20.9. The Morgan fingerprint density at radius 3 is 2.44 bits per heavy atom. The monoisotopic (exact) mass is 507 g/mol. The summed E-state index contributed by atoms with van der Waals surface area (Å²) in [6.45, 7) is 6.07. The van der Waals surface area contributed by atoms with Crippen LogP contribution in [0.3, 0.4) is 0 Å². The number of aryl methyl sites for hydroxylation is 1. The summed E-state index contributed by atoms with van der Waals surface area (Å²) in [5.74, 6) is -1.95. The van der Waals surface area contributed by atoms with E-state index in [4.69, 9.17) is 9.47 Å². The lowest BCUT2D eigenvalue weighted by atomic mass is 9.95. The van der Waals surface area contributed by atoms with Gasteiger partial charge in [0.25, 0.3) is 5.78 Å². The molecule has 4 rings (SSSR count). The number of rotatable bonds is 8. The minimum atomic E-state index is -0.973. The van der Waals surface area contributed by atoms with E-state index in [0.29, 0.717) is 29.2 Å². The van der Waals surface area contributed by atoms with Gasteiger partial charge in [-0.05, 0) is 50.1 Å². The average Bonchev–Trinajstić information content (AvgIpc) is 3.40. The van der Waals surface area contributed by atoms with Gasteiger partial charge in [-0.25, -0.2) is 9.78 Å². The van der Waals surface area contributed by atoms with Crippen molar-refractivity contribution in [1.82, 2.24) is 9.97 Å². The average molecular weight is 508 g/mol. The Bertz CT molecular complexity index is 1320. The van der Waals surface area contributed by atoms with Crippen LogP contribution in [0.25, 0.3) is 5.76 Å². The van der Waals surface area contributed by atoms with Gasteiger partial charge in [-0.15, -0.1) is 0 Å². The van der Waals surface area contributed by atoms with E-state index in [1.165, 1.54) is 17.3 Å². The predicted octanol–water partition coefficient (Wildman–Crippen LogP) is 4.44. The Kier molecular flexibility index (Phi) is 7.44. The Labute approximate surface area is 212 Å². The van der Waals surface area contributed by atoms with Gasteiger partial charge in [0.1, 0.15) is 16.4 Å². The van der Waals surface area contributed by atoms with Gasteiger partial charge >= 0.3 is 11.9 Å². The molecule has 0 radical (unpaired) electrons. The first-order chi connectivity index (χ1) is 17.4. The highest BCUT2D eigenvalue weighted by Crippen LogP contribution is 2.44. The molecule has 0 aliphatic carbocycles. The molecule has 1 aliphatic heterocycles. The minimum absolute atomic E-state index is 0.0843. The van der Waals surface area contributed by atoms with Gasteiger partial charge in [-0.1, -0.05) is 30.4 Å². The van der Waals surface area contributed by atoms with Gasteiger partial charge in [0.15, 0.2) is 5.13 Å². The molecule has 1 atom stereocenters. The van der Waals surface area contributed by atoms with Crippen molar-refractivity contribution < 1.29 is 29.0 Å². The number of amides is 1. The van der Waals surface area contributed by atoms with Crippen LogP contribution >= 0.6 is 11.3 Å².